The van der Waals surface area contributed by atoms with Crippen LogP contribution in [-0.2, 0) is 14.6 Å². The number of hydrogen-bond donors (Lipinski definition) is 1. The van der Waals surface area contributed by atoms with Crippen molar-refractivity contribution in [3.05, 3.63) is 0 Å². The Balaban J connectivity index is 2.43. The maximum Gasteiger partial charge on any atom is 0.237 e. The normalized spacial score (nSPS) is 17.4. The molecule has 1 aliphatic carbocycles. The first kappa shape index (κ1) is 16.4. The molecule has 1 amide bonds. The number of carbonyl (C=O) groups excluding carboxylic acids is 1. The third kappa shape index (κ3) is 5.91. The fraction of sp³-hybridized carbons (Fsp3) is 0.923. The molecule has 5 nitrogen and oxygen atoms in total. The molecular formula is C13H26N2O3S. The number of amides is 1. The molecule has 0 aromatic rings. The summed E-state index contributed by atoms with van der Waals surface area (Å²) < 4.78 is 23.6. The number of nitrogens with two attached hydrogens (primary N) is 1. The van der Waals surface area contributed by atoms with Gasteiger partial charge in [-0.1, -0.05) is 19.3 Å². The second-order valence-electron chi connectivity index (χ2n) is 5.38. The molecule has 0 radical (unpaired) electrons. The van der Waals surface area contributed by atoms with E-state index < -0.39 is 9.84 Å². The molecule has 6 heteroatoms. The Morgan fingerprint density at radius 1 is 1.21 bits per heavy atom. The first-order valence-electron chi connectivity index (χ1n) is 7.12. The highest BCUT2D eigenvalue weighted by Crippen LogP contribution is 2.21. The Kier molecular flexibility index (Phi) is 6.79. The molecule has 1 fully saturated rings. The van der Waals surface area contributed by atoms with E-state index in [9.17, 15) is 13.2 Å². The van der Waals surface area contributed by atoms with Crippen molar-refractivity contribution in [3.63, 3.8) is 0 Å². The zero-order valence-corrected chi connectivity index (χ0v) is 12.6. The van der Waals surface area contributed by atoms with Gasteiger partial charge in [-0.2, -0.15) is 0 Å². The average molecular weight is 290 g/mol. The summed E-state index contributed by atoms with van der Waals surface area (Å²) in [6, 6.07) is 0.223. The van der Waals surface area contributed by atoms with Crippen LogP contribution in [0.2, 0.25) is 0 Å². The van der Waals surface area contributed by atoms with Crippen LogP contribution in [0.3, 0.4) is 0 Å². The van der Waals surface area contributed by atoms with Crippen molar-refractivity contribution in [2.24, 2.45) is 5.73 Å². The Morgan fingerprint density at radius 3 is 2.42 bits per heavy atom. The largest absolute Gasteiger partial charge is 0.342 e. The Morgan fingerprint density at radius 2 is 1.84 bits per heavy atom. The average Bonchev–Trinajstić information content (AvgIpc) is 2.38. The maximum atomic E-state index is 12.0. The predicted octanol–water partition coefficient (Wildman–Crippen LogP) is 0.931. The lowest BCUT2D eigenvalue weighted by Crippen LogP contribution is -2.41. The van der Waals surface area contributed by atoms with Crippen LogP contribution in [-0.4, -0.2) is 50.4 Å². The van der Waals surface area contributed by atoms with Gasteiger partial charge in [0.05, 0.1) is 5.75 Å². The number of rotatable bonds is 7. The molecule has 0 spiro atoms. The van der Waals surface area contributed by atoms with Crippen LogP contribution in [0.15, 0.2) is 0 Å². The molecule has 1 aliphatic rings. The summed E-state index contributed by atoms with van der Waals surface area (Å²) in [6.07, 6.45) is 6.70. The van der Waals surface area contributed by atoms with Gasteiger partial charge in [-0.05, 0) is 32.2 Å². The summed E-state index contributed by atoms with van der Waals surface area (Å²) in [5.74, 6) is -0.557. The van der Waals surface area contributed by atoms with Gasteiger partial charge in [0.2, 0.25) is 5.91 Å². The minimum atomic E-state index is -3.28. The van der Waals surface area contributed by atoms with Crippen molar-refractivity contribution in [3.8, 4) is 0 Å². The summed E-state index contributed by atoms with van der Waals surface area (Å²) in [7, 11) is -1.55. The minimum Gasteiger partial charge on any atom is -0.342 e. The van der Waals surface area contributed by atoms with Crippen molar-refractivity contribution in [1.82, 2.24) is 4.90 Å². The van der Waals surface area contributed by atoms with E-state index in [2.05, 4.69) is 0 Å². The lowest BCUT2D eigenvalue weighted by molar-refractivity contribution is -0.129. The lowest BCUT2D eigenvalue weighted by atomic mass is 9.94. The van der Waals surface area contributed by atoms with E-state index >= 15 is 0 Å². The van der Waals surface area contributed by atoms with Crippen molar-refractivity contribution < 1.29 is 13.2 Å². The zero-order chi connectivity index (χ0) is 14.3. The molecule has 0 aliphatic heterocycles. The number of sulfone groups is 1. The van der Waals surface area contributed by atoms with Gasteiger partial charge in [-0.25, -0.2) is 8.42 Å². The molecular weight excluding hydrogens is 264 g/mol. The minimum absolute atomic E-state index is 0.0639. The Bertz CT molecular complexity index is 375. The van der Waals surface area contributed by atoms with Gasteiger partial charge < -0.3 is 10.6 Å². The van der Waals surface area contributed by atoms with Crippen LogP contribution in [0, 0.1) is 0 Å². The van der Waals surface area contributed by atoms with E-state index in [1.165, 1.54) is 6.42 Å². The summed E-state index contributed by atoms with van der Waals surface area (Å²) in [5.41, 5.74) is 5.33. The molecule has 1 saturated carbocycles. The number of carbonyl (C=O) groups is 1. The quantitative estimate of drug-likeness (QED) is 0.707. The van der Waals surface area contributed by atoms with Crippen LogP contribution >= 0.6 is 0 Å². The van der Waals surface area contributed by atoms with E-state index in [1.807, 2.05) is 0 Å². The third-order valence-corrected chi connectivity index (χ3v) is 5.37. The summed E-state index contributed by atoms with van der Waals surface area (Å²) in [4.78, 5) is 13.7. The molecule has 19 heavy (non-hydrogen) atoms. The fourth-order valence-electron chi connectivity index (χ4n) is 2.50. The molecule has 1 rings (SSSR count). The van der Waals surface area contributed by atoms with Crippen molar-refractivity contribution in [1.29, 1.82) is 0 Å². The van der Waals surface area contributed by atoms with Gasteiger partial charge >= 0.3 is 0 Å². The summed E-state index contributed by atoms with van der Waals surface area (Å²) >= 11 is 0. The summed E-state index contributed by atoms with van der Waals surface area (Å²) in [6.45, 7) is 0.492. The lowest BCUT2D eigenvalue weighted by Gasteiger charge is -2.31. The molecule has 112 valence electrons. The summed E-state index contributed by atoms with van der Waals surface area (Å²) in [5, 5.41) is 0. The molecule has 0 atom stereocenters. The van der Waals surface area contributed by atoms with E-state index in [0.29, 0.717) is 19.4 Å². The molecule has 0 saturated heterocycles. The van der Waals surface area contributed by atoms with Crippen LogP contribution in [0.25, 0.3) is 0 Å². The number of unbranched alkanes of at least 4 members (excludes halogenated alkanes) is 1. The van der Waals surface area contributed by atoms with Gasteiger partial charge in [-0.3, -0.25) is 4.79 Å². The number of nitrogens with zero attached hydrogens (tertiary/aromatic N) is 1. The van der Waals surface area contributed by atoms with Crippen LogP contribution in [0.1, 0.15) is 44.9 Å². The van der Waals surface area contributed by atoms with Crippen LogP contribution in [0.4, 0.5) is 0 Å². The van der Waals surface area contributed by atoms with E-state index in [0.717, 1.165) is 25.7 Å². The standard InChI is InChI=1S/C13H26N2O3S/c1-15(12-7-3-2-4-8-12)13(16)11-19(17,18)10-6-5-9-14/h12H,2-11,14H2,1H3. The van der Waals surface area contributed by atoms with Gasteiger partial charge in [0.1, 0.15) is 5.75 Å². The molecule has 2 N–H and O–H groups in total. The second-order valence-corrected chi connectivity index (χ2v) is 7.57. The van der Waals surface area contributed by atoms with Crippen molar-refractivity contribution in [2.45, 2.75) is 51.0 Å². The maximum absolute atomic E-state index is 12.0. The number of hydrogen-bond acceptors (Lipinski definition) is 4. The van der Waals surface area contributed by atoms with E-state index in [-0.39, 0.29) is 23.5 Å². The molecule has 0 aromatic heterocycles. The van der Waals surface area contributed by atoms with Crippen molar-refractivity contribution >= 4 is 15.7 Å². The predicted molar refractivity (Wildman–Crippen MR) is 76.6 cm³/mol. The van der Waals surface area contributed by atoms with Crippen LogP contribution < -0.4 is 5.73 Å². The van der Waals surface area contributed by atoms with Gasteiger partial charge in [0, 0.05) is 13.1 Å². The molecule has 0 heterocycles. The molecule has 0 unspecified atom stereocenters. The second kappa shape index (κ2) is 7.85. The van der Waals surface area contributed by atoms with Crippen molar-refractivity contribution in [2.75, 3.05) is 25.1 Å². The van der Waals surface area contributed by atoms with Gasteiger partial charge in [0.15, 0.2) is 9.84 Å². The monoisotopic (exact) mass is 290 g/mol. The van der Waals surface area contributed by atoms with Gasteiger partial charge in [0.25, 0.3) is 0 Å². The van der Waals surface area contributed by atoms with Gasteiger partial charge in [-0.15, -0.1) is 0 Å². The Hall–Kier alpha value is -0.620. The molecule has 0 aromatic carbocycles. The van der Waals surface area contributed by atoms with E-state index in [1.54, 1.807) is 11.9 Å². The van der Waals surface area contributed by atoms with Crippen LogP contribution in [0.5, 0.6) is 0 Å². The smallest absolute Gasteiger partial charge is 0.237 e. The first-order valence-corrected chi connectivity index (χ1v) is 8.94. The third-order valence-electron chi connectivity index (χ3n) is 3.77. The highest BCUT2D eigenvalue weighted by atomic mass is 32.2. The zero-order valence-electron chi connectivity index (χ0n) is 11.8. The fourth-order valence-corrected chi connectivity index (χ4v) is 3.87. The highest BCUT2D eigenvalue weighted by Gasteiger charge is 2.25. The van der Waals surface area contributed by atoms with E-state index in [4.69, 9.17) is 5.73 Å². The molecule has 0 bridgehead atoms. The first-order chi connectivity index (χ1) is 8.96. The Labute approximate surface area is 116 Å². The topological polar surface area (TPSA) is 80.5 Å². The highest BCUT2D eigenvalue weighted by molar-refractivity contribution is 7.92. The SMILES string of the molecule is CN(C(=O)CS(=O)(=O)CCCCN)C1CCCCC1.